The fourth-order valence-corrected chi connectivity index (χ4v) is 2.84. The predicted octanol–water partition coefficient (Wildman–Crippen LogP) is 1.56. The number of nitrogens with one attached hydrogen (secondary N) is 2. The standard InChI is InChI=1S/C14H14Cl2N2O4/c1-13(7-14(13,15)16)12(20)18-17-11(19)10-6-21-8-4-2-3-5-9(8)22-10/h2-5,10H,6-7H2,1H3,(H,17,19)(H,18,20)/t10-,13+/m1/s1. The Bertz CT molecular complexity index is 637. The zero-order chi connectivity index (χ0) is 16.0. The molecule has 8 heteroatoms. The van der Waals surface area contributed by atoms with Crippen molar-refractivity contribution in [3.8, 4) is 11.5 Å². The minimum atomic E-state index is -1.09. The summed E-state index contributed by atoms with van der Waals surface area (Å²) in [7, 11) is 0. The van der Waals surface area contributed by atoms with Gasteiger partial charge in [0, 0.05) is 0 Å². The third kappa shape index (κ3) is 2.57. The van der Waals surface area contributed by atoms with E-state index in [-0.39, 0.29) is 6.61 Å². The zero-order valence-corrected chi connectivity index (χ0v) is 13.2. The molecule has 3 rings (SSSR count). The van der Waals surface area contributed by atoms with Crippen LogP contribution in [0.5, 0.6) is 11.5 Å². The maximum absolute atomic E-state index is 12.0. The summed E-state index contributed by atoms with van der Waals surface area (Å²) >= 11 is 11.8. The average molecular weight is 345 g/mol. The first-order chi connectivity index (χ1) is 10.3. The molecular weight excluding hydrogens is 331 g/mol. The average Bonchev–Trinajstić information content (AvgIpc) is 3.03. The van der Waals surface area contributed by atoms with Gasteiger partial charge in [-0.3, -0.25) is 20.4 Å². The molecule has 0 radical (unpaired) electrons. The second kappa shape index (κ2) is 5.21. The first-order valence-corrected chi connectivity index (χ1v) is 7.46. The van der Waals surface area contributed by atoms with E-state index in [1.54, 1.807) is 25.1 Å². The quantitative estimate of drug-likeness (QED) is 0.630. The number of rotatable bonds is 2. The van der Waals surface area contributed by atoms with E-state index in [0.29, 0.717) is 17.9 Å². The fraction of sp³-hybridized carbons (Fsp3) is 0.429. The molecule has 1 fully saturated rings. The molecular formula is C14H14Cl2N2O4. The van der Waals surface area contributed by atoms with Crippen LogP contribution in [-0.4, -0.2) is 28.9 Å². The van der Waals surface area contributed by atoms with Crippen LogP contribution in [0, 0.1) is 5.41 Å². The fourth-order valence-electron chi connectivity index (χ4n) is 2.13. The third-order valence-electron chi connectivity index (χ3n) is 3.86. The Morgan fingerprint density at radius 3 is 2.50 bits per heavy atom. The number of amides is 2. The number of halogens is 2. The highest BCUT2D eigenvalue weighted by molar-refractivity contribution is 6.53. The molecule has 0 saturated heterocycles. The Hall–Kier alpha value is -1.66. The van der Waals surface area contributed by atoms with Gasteiger partial charge in [-0.05, 0) is 25.5 Å². The lowest BCUT2D eigenvalue weighted by Gasteiger charge is -2.25. The maximum atomic E-state index is 12.0. The van der Waals surface area contributed by atoms with Crippen LogP contribution in [-0.2, 0) is 9.59 Å². The number of carbonyl (C=O) groups excluding carboxylic acids is 2. The van der Waals surface area contributed by atoms with Gasteiger partial charge in [0.05, 0.1) is 5.41 Å². The number of benzene rings is 1. The smallest absolute Gasteiger partial charge is 0.283 e. The lowest BCUT2D eigenvalue weighted by atomic mass is 10.1. The van der Waals surface area contributed by atoms with Gasteiger partial charge in [-0.25, -0.2) is 0 Å². The van der Waals surface area contributed by atoms with E-state index in [1.165, 1.54) is 0 Å². The predicted molar refractivity (Wildman–Crippen MR) is 79.8 cm³/mol. The summed E-state index contributed by atoms with van der Waals surface area (Å²) in [5.41, 5.74) is 3.72. The lowest BCUT2D eigenvalue weighted by molar-refractivity contribution is -0.136. The number of hydrogen-bond acceptors (Lipinski definition) is 4. The van der Waals surface area contributed by atoms with E-state index in [4.69, 9.17) is 32.7 Å². The van der Waals surface area contributed by atoms with Gasteiger partial charge in [0.2, 0.25) is 12.0 Å². The molecule has 1 saturated carbocycles. The van der Waals surface area contributed by atoms with E-state index >= 15 is 0 Å². The topological polar surface area (TPSA) is 76.7 Å². The third-order valence-corrected chi connectivity index (χ3v) is 4.96. The summed E-state index contributed by atoms with van der Waals surface area (Å²) in [6.45, 7) is 1.69. The van der Waals surface area contributed by atoms with Gasteiger partial charge in [-0.1, -0.05) is 12.1 Å². The van der Waals surface area contributed by atoms with E-state index < -0.39 is 27.7 Å². The van der Waals surface area contributed by atoms with Gasteiger partial charge >= 0.3 is 0 Å². The SMILES string of the molecule is C[C@@]1(C(=O)NNC(=O)[C@H]2COc3ccccc3O2)CC1(Cl)Cl. The van der Waals surface area contributed by atoms with Crippen LogP contribution in [0.4, 0.5) is 0 Å². The molecule has 0 unspecified atom stereocenters. The Labute approximate surface area is 137 Å². The Balaban J connectivity index is 1.55. The summed E-state index contributed by atoms with van der Waals surface area (Å²) < 4.78 is 9.87. The van der Waals surface area contributed by atoms with Crippen LogP contribution >= 0.6 is 23.2 Å². The first-order valence-electron chi connectivity index (χ1n) is 6.70. The van der Waals surface area contributed by atoms with Crippen molar-refractivity contribution in [3.63, 3.8) is 0 Å². The van der Waals surface area contributed by atoms with Gasteiger partial charge in [-0.15, -0.1) is 23.2 Å². The highest BCUT2D eigenvalue weighted by Crippen LogP contribution is 2.63. The summed E-state index contributed by atoms with van der Waals surface area (Å²) in [6, 6.07) is 7.04. The molecule has 0 aromatic heterocycles. The van der Waals surface area contributed by atoms with Crippen molar-refractivity contribution in [1.29, 1.82) is 0 Å². The summed E-state index contributed by atoms with van der Waals surface area (Å²) in [4.78, 5) is 24.0. The normalized spacial score (nSPS) is 27.7. The van der Waals surface area contributed by atoms with Crippen molar-refractivity contribution >= 4 is 35.0 Å². The molecule has 1 aromatic rings. The molecule has 1 heterocycles. The van der Waals surface area contributed by atoms with Crippen LogP contribution in [0.1, 0.15) is 13.3 Å². The van der Waals surface area contributed by atoms with Gasteiger partial charge in [0.15, 0.2) is 11.5 Å². The van der Waals surface area contributed by atoms with Gasteiger partial charge < -0.3 is 9.47 Å². The van der Waals surface area contributed by atoms with Crippen molar-refractivity contribution in [2.45, 2.75) is 23.8 Å². The molecule has 2 aliphatic rings. The largest absolute Gasteiger partial charge is 0.485 e. The molecule has 1 aliphatic heterocycles. The summed E-state index contributed by atoms with van der Waals surface area (Å²) in [6.07, 6.45) is -0.514. The second-order valence-electron chi connectivity index (χ2n) is 5.52. The number of fused-ring (bicyclic) bond motifs is 1. The maximum Gasteiger partial charge on any atom is 0.283 e. The van der Waals surface area contributed by atoms with Crippen LogP contribution in [0.25, 0.3) is 0 Å². The molecule has 0 bridgehead atoms. The van der Waals surface area contributed by atoms with Gasteiger partial charge in [0.1, 0.15) is 10.9 Å². The molecule has 0 spiro atoms. The van der Waals surface area contributed by atoms with Crippen molar-refractivity contribution in [1.82, 2.24) is 10.9 Å². The number of hydrogen-bond donors (Lipinski definition) is 2. The van der Waals surface area contributed by atoms with Crippen LogP contribution in [0.3, 0.4) is 0 Å². The number of ether oxygens (including phenoxy) is 2. The number of alkyl halides is 2. The van der Waals surface area contributed by atoms with Crippen molar-refractivity contribution in [2.75, 3.05) is 6.61 Å². The Kier molecular flexibility index (Phi) is 3.61. The lowest BCUT2D eigenvalue weighted by Crippen LogP contribution is -2.52. The molecule has 2 N–H and O–H groups in total. The van der Waals surface area contributed by atoms with E-state index in [9.17, 15) is 9.59 Å². The Morgan fingerprint density at radius 1 is 1.23 bits per heavy atom. The molecule has 2 amide bonds. The Morgan fingerprint density at radius 2 is 1.86 bits per heavy atom. The minimum Gasteiger partial charge on any atom is -0.485 e. The van der Waals surface area contributed by atoms with E-state index in [1.807, 2.05) is 6.07 Å². The van der Waals surface area contributed by atoms with Crippen LogP contribution in [0.2, 0.25) is 0 Å². The van der Waals surface area contributed by atoms with Crippen molar-refractivity contribution < 1.29 is 19.1 Å². The molecule has 1 aromatic carbocycles. The number of para-hydroxylation sites is 2. The van der Waals surface area contributed by atoms with Crippen molar-refractivity contribution in [2.24, 2.45) is 5.41 Å². The van der Waals surface area contributed by atoms with Crippen LogP contribution in [0.15, 0.2) is 24.3 Å². The highest BCUT2D eigenvalue weighted by atomic mass is 35.5. The minimum absolute atomic E-state index is 0.0605. The first kappa shape index (κ1) is 15.2. The van der Waals surface area contributed by atoms with E-state index in [0.717, 1.165) is 0 Å². The molecule has 6 nitrogen and oxygen atoms in total. The number of carbonyl (C=O) groups is 2. The molecule has 2 atom stereocenters. The van der Waals surface area contributed by atoms with Crippen molar-refractivity contribution in [3.05, 3.63) is 24.3 Å². The summed E-state index contributed by atoms with van der Waals surface area (Å²) in [5, 5.41) is 0. The zero-order valence-electron chi connectivity index (χ0n) is 11.7. The molecule has 1 aliphatic carbocycles. The molecule has 118 valence electrons. The summed E-state index contributed by atoms with van der Waals surface area (Å²) in [5.74, 6) is 0.106. The second-order valence-corrected chi connectivity index (χ2v) is 7.00. The van der Waals surface area contributed by atoms with Gasteiger partial charge in [0.25, 0.3) is 5.91 Å². The highest BCUT2D eigenvalue weighted by Gasteiger charge is 2.68. The number of hydrazine groups is 1. The van der Waals surface area contributed by atoms with Crippen LogP contribution < -0.4 is 20.3 Å². The molecule has 22 heavy (non-hydrogen) atoms. The van der Waals surface area contributed by atoms with E-state index in [2.05, 4.69) is 10.9 Å². The van der Waals surface area contributed by atoms with Gasteiger partial charge in [-0.2, -0.15) is 0 Å². The monoisotopic (exact) mass is 344 g/mol.